The Bertz CT molecular complexity index is 365. The van der Waals surface area contributed by atoms with Gasteiger partial charge in [0.1, 0.15) is 6.04 Å². The molecule has 1 unspecified atom stereocenters. The fraction of sp³-hybridized carbons (Fsp3) is 0.889. The summed E-state index contributed by atoms with van der Waals surface area (Å²) in [6.07, 6.45) is 1.53. The van der Waals surface area contributed by atoms with Crippen molar-refractivity contribution in [3.8, 4) is 0 Å². The molecule has 0 bridgehead atoms. The van der Waals surface area contributed by atoms with Crippen LogP contribution in [0.15, 0.2) is 0 Å². The average Bonchev–Trinajstić information content (AvgIpc) is 2.38. The molecular weight excluding hydrogens is 294 g/mol. The number of rotatable bonds is 8. The molecule has 1 atom stereocenters. The Labute approximate surface area is 141 Å². The lowest BCUT2D eigenvalue weighted by Gasteiger charge is -2.48. The van der Waals surface area contributed by atoms with Crippen LogP contribution in [-0.4, -0.2) is 47.2 Å². The van der Waals surface area contributed by atoms with Crippen molar-refractivity contribution in [1.82, 2.24) is 4.90 Å². The quantitative estimate of drug-likeness (QED) is 0.637. The highest BCUT2D eigenvalue weighted by atomic mass is 16.5. The smallest absolute Gasteiger partial charge is 0.323 e. The molecule has 0 heterocycles. The summed E-state index contributed by atoms with van der Waals surface area (Å²) in [4.78, 5) is 26.7. The lowest BCUT2D eigenvalue weighted by Crippen LogP contribution is -2.60. The van der Waals surface area contributed by atoms with Crippen LogP contribution in [-0.2, 0) is 19.1 Å². The first-order valence-electron chi connectivity index (χ1n) is 8.56. The van der Waals surface area contributed by atoms with Crippen LogP contribution in [0.3, 0.4) is 0 Å². The third-order valence-electron chi connectivity index (χ3n) is 3.30. The summed E-state index contributed by atoms with van der Waals surface area (Å²) in [7, 11) is 0. The summed E-state index contributed by atoms with van der Waals surface area (Å²) in [5.74, 6) is -0.714. The van der Waals surface area contributed by atoms with Crippen molar-refractivity contribution in [3.05, 3.63) is 0 Å². The number of carbonyl (C=O) groups is 2. The number of hydrogen-bond acceptors (Lipinski definition) is 5. The number of nitrogens with zero attached hydrogens (tertiary/aromatic N) is 1. The van der Waals surface area contributed by atoms with Crippen molar-refractivity contribution in [2.45, 2.75) is 91.8 Å². The maximum Gasteiger partial charge on any atom is 0.323 e. The molecule has 0 aromatic heterocycles. The van der Waals surface area contributed by atoms with E-state index >= 15 is 0 Å². The minimum Gasteiger partial charge on any atom is -0.466 e. The van der Waals surface area contributed by atoms with Crippen molar-refractivity contribution < 1.29 is 19.1 Å². The number of ether oxygens (including phenoxy) is 2. The van der Waals surface area contributed by atoms with Crippen LogP contribution < -0.4 is 0 Å². The van der Waals surface area contributed by atoms with Crippen molar-refractivity contribution in [2.75, 3.05) is 13.2 Å². The molecule has 0 fully saturated rings. The molecule has 5 nitrogen and oxygen atoms in total. The monoisotopic (exact) mass is 329 g/mol. The summed E-state index contributed by atoms with van der Waals surface area (Å²) in [5, 5.41) is 0. The van der Waals surface area contributed by atoms with E-state index in [0.29, 0.717) is 13.2 Å². The second kappa shape index (κ2) is 9.26. The van der Waals surface area contributed by atoms with Crippen molar-refractivity contribution in [1.29, 1.82) is 0 Å². The molecule has 0 aliphatic rings. The predicted octanol–water partition coefficient (Wildman–Crippen LogP) is 3.55. The van der Waals surface area contributed by atoms with E-state index in [1.807, 2.05) is 60.3 Å². The Morgan fingerprint density at radius 1 is 0.870 bits per heavy atom. The third kappa shape index (κ3) is 7.82. The highest BCUT2D eigenvalue weighted by Crippen LogP contribution is 2.30. The first-order valence-corrected chi connectivity index (χ1v) is 8.56. The van der Waals surface area contributed by atoms with E-state index in [-0.39, 0.29) is 29.4 Å². The zero-order valence-corrected chi connectivity index (χ0v) is 16.2. The summed E-state index contributed by atoms with van der Waals surface area (Å²) < 4.78 is 10.5. The number of carbonyl (C=O) groups excluding carboxylic acids is 2. The average molecular weight is 329 g/mol. The molecule has 0 spiro atoms. The van der Waals surface area contributed by atoms with Gasteiger partial charge in [-0.25, -0.2) is 0 Å². The maximum absolute atomic E-state index is 12.6. The fourth-order valence-corrected chi connectivity index (χ4v) is 2.95. The summed E-state index contributed by atoms with van der Waals surface area (Å²) in [6, 6.07) is -0.647. The fourth-order valence-electron chi connectivity index (χ4n) is 2.95. The lowest BCUT2D eigenvalue weighted by molar-refractivity contribution is -0.163. The molecule has 0 radical (unpaired) electrons. The first kappa shape index (κ1) is 21.9. The van der Waals surface area contributed by atoms with Crippen LogP contribution in [0.5, 0.6) is 0 Å². The van der Waals surface area contributed by atoms with Crippen LogP contribution in [0.2, 0.25) is 0 Å². The van der Waals surface area contributed by atoms with Gasteiger partial charge in [0.05, 0.1) is 19.6 Å². The van der Waals surface area contributed by atoms with E-state index in [1.54, 1.807) is 0 Å². The zero-order chi connectivity index (χ0) is 18.3. The van der Waals surface area contributed by atoms with Gasteiger partial charge in [-0.05, 0) is 54.4 Å². The van der Waals surface area contributed by atoms with Crippen LogP contribution in [0.25, 0.3) is 0 Å². The van der Waals surface area contributed by atoms with Gasteiger partial charge in [-0.3, -0.25) is 14.5 Å². The van der Waals surface area contributed by atoms with Crippen molar-refractivity contribution >= 4 is 11.9 Å². The van der Waals surface area contributed by atoms with Gasteiger partial charge < -0.3 is 9.47 Å². The van der Waals surface area contributed by atoms with Gasteiger partial charge in [0.15, 0.2) is 0 Å². The van der Waals surface area contributed by atoms with Crippen LogP contribution >= 0.6 is 0 Å². The molecule has 0 aromatic carbocycles. The zero-order valence-electron chi connectivity index (χ0n) is 16.2. The molecule has 0 amide bonds. The van der Waals surface area contributed by atoms with Gasteiger partial charge in [-0.2, -0.15) is 0 Å². The molecule has 0 saturated heterocycles. The van der Waals surface area contributed by atoms with Gasteiger partial charge in [0.25, 0.3) is 0 Å². The molecule has 0 saturated carbocycles. The Hall–Kier alpha value is -1.10. The Balaban J connectivity index is 5.44. The standard InChI is InChI=1S/C18H35NO4/c1-9-11-22-15(20)13-14(16(21)23-12-10-2)19(17(3,4)5)18(6,7)8/h14H,9-13H2,1-8H3. The van der Waals surface area contributed by atoms with Crippen molar-refractivity contribution in [3.63, 3.8) is 0 Å². The lowest BCUT2D eigenvalue weighted by atomic mass is 9.91. The van der Waals surface area contributed by atoms with Gasteiger partial charge >= 0.3 is 11.9 Å². The first-order chi connectivity index (χ1) is 10.4. The van der Waals surface area contributed by atoms with Gasteiger partial charge in [0.2, 0.25) is 0 Å². The van der Waals surface area contributed by atoms with E-state index in [4.69, 9.17) is 9.47 Å². The summed E-state index contributed by atoms with van der Waals surface area (Å²) in [5.41, 5.74) is -0.585. The minimum absolute atomic E-state index is 0.0110. The highest BCUT2D eigenvalue weighted by molar-refractivity contribution is 5.83. The summed E-state index contributed by atoms with van der Waals surface area (Å²) in [6.45, 7) is 16.9. The van der Waals surface area contributed by atoms with E-state index in [2.05, 4.69) is 0 Å². The van der Waals surface area contributed by atoms with Gasteiger partial charge in [-0.15, -0.1) is 0 Å². The second-order valence-corrected chi connectivity index (χ2v) is 7.82. The van der Waals surface area contributed by atoms with E-state index in [0.717, 1.165) is 12.8 Å². The Kier molecular flexibility index (Phi) is 8.82. The molecular formula is C18H35NO4. The minimum atomic E-state index is -0.647. The maximum atomic E-state index is 12.6. The SMILES string of the molecule is CCCOC(=O)CC(C(=O)OCCC)N(C(C)(C)C)C(C)(C)C. The third-order valence-corrected chi connectivity index (χ3v) is 3.30. The molecule has 0 rings (SSSR count). The Morgan fingerprint density at radius 2 is 1.30 bits per heavy atom. The topological polar surface area (TPSA) is 55.8 Å². The normalized spacial score (nSPS) is 13.8. The van der Waals surface area contributed by atoms with Crippen LogP contribution in [0, 0.1) is 0 Å². The largest absolute Gasteiger partial charge is 0.466 e. The molecule has 0 aromatic rings. The van der Waals surface area contributed by atoms with Crippen LogP contribution in [0.1, 0.15) is 74.7 Å². The molecule has 0 aliphatic heterocycles. The molecule has 5 heteroatoms. The van der Waals surface area contributed by atoms with E-state index in [9.17, 15) is 9.59 Å². The molecule has 0 aliphatic carbocycles. The van der Waals surface area contributed by atoms with Crippen LogP contribution in [0.4, 0.5) is 0 Å². The number of hydrogen-bond donors (Lipinski definition) is 0. The molecule has 0 N–H and O–H groups in total. The van der Waals surface area contributed by atoms with Crippen molar-refractivity contribution in [2.24, 2.45) is 0 Å². The van der Waals surface area contributed by atoms with E-state index in [1.165, 1.54) is 0 Å². The van der Waals surface area contributed by atoms with E-state index < -0.39 is 6.04 Å². The van der Waals surface area contributed by atoms with Gasteiger partial charge in [0, 0.05) is 11.1 Å². The molecule has 136 valence electrons. The number of esters is 2. The molecule has 23 heavy (non-hydrogen) atoms. The Morgan fingerprint density at radius 3 is 1.70 bits per heavy atom. The predicted molar refractivity (Wildman–Crippen MR) is 92.3 cm³/mol. The summed E-state index contributed by atoms with van der Waals surface area (Å²) >= 11 is 0. The highest BCUT2D eigenvalue weighted by Gasteiger charge is 2.42. The second-order valence-electron chi connectivity index (χ2n) is 7.82. The van der Waals surface area contributed by atoms with Gasteiger partial charge in [-0.1, -0.05) is 13.8 Å².